The molecule has 0 aromatic heterocycles. The van der Waals surface area contributed by atoms with Crippen molar-refractivity contribution >= 4 is 33.5 Å². The molecule has 2 heterocycles. The summed E-state index contributed by atoms with van der Waals surface area (Å²) >= 11 is 0. The third-order valence-electron chi connectivity index (χ3n) is 7.04. The molecule has 0 bridgehead atoms. The maximum atomic E-state index is 13.1. The fraction of sp³-hybridized carbons (Fsp3) is 0.444. The number of amides is 2. The summed E-state index contributed by atoms with van der Waals surface area (Å²) in [4.78, 5) is 37.5. The molecule has 11 heteroatoms. The van der Waals surface area contributed by atoms with Gasteiger partial charge < -0.3 is 21.1 Å². The second-order valence-electron chi connectivity index (χ2n) is 9.82. The molecule has 2 amide bonds. The number of rotatable bonds is 10. The first-order valence-corrected chi connectivity index (χ1v) is 14.5. The van der Waals surface area contributed by atoms with Crippen LogP contribution < -0.4 is 16.0 Å². The SMILES string of the molecule is O=C(Nc1ccc(C[C@H](NC(=O)[C@@H]2CCCN2S(=O)(=O)Cc2ccccc2)C(=O)O)cc1)C1CCNCC1. The molecule has 38 heavy (non-hydrogen) atoms. The van der Waals surface area contributed by atoms with Crippen LogP contribution in [-0.4, -0.2) is 67.3 Å². The summed E-state index contributed by atoms with van der Waals surface area (Å²) in [7, 11) is -3.76. The maximum absolute atomic E-state index is 13.1. The summed E-state index contributed by atoms with van der Waals surface area (Å²) in [6.07, 6.45) is 2.45. The van der Waals surface area contributed by atoms with E-state index in [1.807, 2.05) is 0 Å². The Hall–Kier alpha value is -3.28. The zero-order valence-corrected chi connectivity index (χ0v) is 22.0. The van der Waals surface area contributed by atoms with E-state index in [1.165, 1.54) is 4.31 Å². The van der Waals surface area contributed by atoms with Crippen molar-refractivity contribution in [1.82, 2.24) is 14.9 Å². The predicted octanol–water partition coefficient (Wildman–Crippen LogP) is 1.73. The highest BCUT2D eigenvalue weighted by Crippen LogP contribution is 2.24. The van der Waals surface area contributed by atoms with Gasteiger partial charge in [-0.25, -0.2) is 13.2 Å². The summed E-state index contributed by atoms with van der Waals surface area (Å²) in [6.45, 7) is 1.85. The van der Waals surface area contributed by atoms with Crippen LogP contribution in [0.15, 0.2) is 54.6 Å². The number of carboxylic acids is 1. The summed E-state index contributed by atoms with van der Waals surface area (Å²) < 4.78 is 27.3. The van der Waals surface area contributed by atoms with Gasteiger partial charge in [0.25, 0.3) is 0 Å². The zero-order valence-electron chi connectivity index (χ0n) is 21.1. The number of aliphatic carboxylic acids is 1. The Morgan fingerprint density at radius 3 is 2.29 bits per heavy atom. The maximum Gasteiger partial charge on any atom is 0.326 e. The first kappa shape index (κ1) is 27.7. The van der Waals surface area contributed by atoms with E-state index in [0.29, 0.717) is 29.7 Å². The fourth-order valence-electron chi connectivity index (χ4n) is 4.96. The standard InChI is InChI=1S/C27H34N4O6S/c32-25(21-12-14-28-15-13-21)29-22-10-8-19(9-11-22)17-23(27(34)35)30-26(33)24-7-4-16-31(24)38(36,37)18-20-5-2-1-3-6-20/h1-3,5-6,8-11,21,23-24,28H,4,7,12-18H2,(H,29,32)(H,30,33)(H,34,35)/t23-,24-/m0/s1. The Balaban J connectivity index is 1.36. The van der Waals surface area contributed by atoms with E-state index in [9.17, 15) is 27.9 Å². The van der Waals surface area contributed by atoms with Crippen LogP contribution in [-0.2, 0) is 36.6 Å². The van der Waals surface area contributed by atoms with E-state index in [2.05, 4.69) is 16.0 Å². The number of hydrogen-bond acceptors (Lipinski definition) is 6. The molecule has 2 atom stereocenters. The smallest absolute Gasteiger partial charge is 0.326 e. The molecule has 2 aromatic rings. The van der Waals surface area contributed by atoms with Crippen molar-refractivity contribution in [2.75, 3.05) is 25.0 Å². The molecular formula is C27H34N4O6S. The molecule has 2 aromatic carbocycles. The van der Waals surface area contributed by atoms with Crippen molar-refractivity contribution in [2.24, 2.45) is 5.92 Å². The Morgan fingerprint density at radius 2 is 1.63 bits per heavy atom. The number of benzene rings is 2. The van der Waals surface area contributed by atoms with Crippen LogP contribution in [0.5, 0.6) is 0 Å². The molecule has 2 aliphatic heterocycles. The number of carbonyl (C=O) groups is 3. The molecule has 0 unspecified atom stereocenters. The third kappa shape index (κ3) is 7.18. The third-order valence-corrected chi connectivity index (χ3v) is 8.89. The Bertz CT molecular complexity index is 1230. The monoisotopic (exact) mass is 542 g/mol. The van der Waals surface area contributed by atoms with Crippen LogP contribution in [0.25, 0.3) is 0 Å². The second kappa shape index (κ2) is 12.5. The van der Waals surface area contributed by atoms with Crippen LogP contribution in [0.3, 0.4) is 0 Å². The summed E-state index contributed by atoms with van der Waals surface area (Å²) in [6, 6.07) is 13.4. The number of carbonyl (C=O) groups excluding carboxylic acids is 2. The van der Waals surface area contributed by atoms with Crippen LogP contribution >= 0.6 is 0 Å². The molecule has 4 rings (SSSR count). The lowest BCUT2D eigenvalue weighted by atomic mass is 9.97. The molecule has 0 saturated carbocycles. The average molecular weight is 543 g/mol. The van der Waals surface area contributed by atoms with Gasteiger partial charge in [-0.05, 0) is 62.0 Å². The van der Waals surface area contributed by atoms with Crippen molar-refractivity contribution < 1.29 is 27.9 Å². The van der Waals surface area contributed by atoms with Crippen molar-refractivity contribution in [2.45, 2.75) is 49.9 Å². The lowest BCUT2D eigenvalue weighted by molar-refractivity contribution is -0.142. The van der Waals surface area contributed by atoms with Crippen LogP contribution in [0.2, 0.25) is 0 Å². The van der Waals surface area contributed by atoms with Gasteiger partial charge in [-0.15, -0.1) is 0 Å². The number of nitrogens with one attached hydrogen (secondary N) is 3. The Morgan fingerprint density at radius 1 is 0.947 bits per heavy atom. The van der Waals surface area contributed by atoms with E-state index in [4.69, 9.17) is 0 Å². The van der Waals surface area contributed by atoms with Crippen molar-refractivity contribution in [3.05, 3.63) is 65.7 Å². The minimum Gasteiger partial charge on any atom is -0.480 e. The molecule has 0 aliphatic carbocycles. The minimum absolute atomic E-state index is 0.0209. The van der Waals surface area contributed by atoms with Gasteiger partial charge in [0.05, 0.1) is 5.75 Å². The van der Waals surface area contributed by atoms with E-state index in [1.54, 1.807) is 54.6 Å². The second-order valence-corrected chi connectivity index (χ2v) is 11.7. The number of sulfonamides is 1. The van der Waals surface area contributed by atoms with Crippen LogP contribution in [0.4, 0.5) is 5.69 Å². The number of piperidine rings is 1. The minimum atomic E-state index is -3.76. The molecule has 0 radical (unpaired) electrons. The molecule has 2 fully saturated rings. The Kier molecular flexibility index (Phi) is 9.13. The first-order chi connectivity index (χ1) is 18.2. The first-order valence-electron chi connectivity index (χ1n) is 12.9. The van der Waals surface area contributed by atoms with Gasteiger partial charge in [0.2, 0.25) is 21.8 Å². The highest BCUT2D eigenvalue weighted by atomic mass is 32.2. The van der Waals surface area contributed by atoms with Gasteiger partial charge in [0.15, 0.2) is 0 Å². The number of anilines is 1. The van der Waals surface area contributed by atoms with Gasteiger partial charge in [-0.3, -0.25) is 9.59 Å². The summed E-state index contributed by atoms with van der Waals surface area (Å²) in [5.41, 5.74) is 1.91. The highest BCUT2D eigenvalue weighted by molar-refractivity contribution is 7.88. The van der Waals surface area contributed by atoms with E-state index >= 15 is 0 Å². The number of nitrogens with zero attached hydrogens (tertiary/aromatic N) is 1. The van der Waals surface area contributed by atoms with Gasteiger partial charge in [-0.1, -0.05) is 42.5 Å². The van der Waals surface area contributed by atoms with Gasteiger partial charge in [-0.2, -0.15) is 4.31 Å². The van der Waals surface area contributed by atoms with Crippen molar-refractivity contribution in [1.29, 1.82) is 0 Å². The van der Waals surface area contributed by atoms with E-state index in [0.717, 1.165) is 25.9 Å². The number of carboxylic acid groups (broad SMARTS) is 1. The van der Waals surface area contributed by atoms with E-state index in [-0.39, 0.29) is 30.5 Å². The molecule has 10 nitrogen and oxygen atoms in total. The van der Waals surface area contributed by atoms with Gasteiger partial charge in [0.1, 0.15) is 12.1 Å². The number of hydrogen-bond donors (Lipinski definition) is 4. The van der Waals surface area contributed by atoms with Crippen molar-refractivity contribution in [3.8, 4) is 0 Å². The molecule has 0 spiro atoms. The van der Waals surface area contributed by atoms with Gasteiger partial charge in [0, 0.05) is 24.6 Å². The van der Waals surface area contributed by atoms with E-state index < -0.39 is 34.0 Å². The fourth-order valence-corrected chi connectivity index (χ4v) is 6.73. The highest BCUT2D eigenvalue weighted by Gasteiger charge is 2.39. The van der Waals surface area contributed by atoms with Gasteiger partial charge >= 0.3 is 5.97 Å². The Labute approximate surface area is 222 Å². The average Bonchev–Trinajstić information content (AvgIpc) is 3.42. The molecule has 2 aliphatic rings. The summed E-state index contributed by atoms with van der Waals surface area (Å²) in [5, 5.41) is 18.4. The van der Waals surface area contributed by atoms with Crippen molar-refractivity contribution in [3.63, 3.8) is 0 Å². The molecule has 4 N–H and O–H groups in total. The largest absolute Gasteiger partial charge is 0.480 e. The molecule has 204 valence electrons. The predicted molar refractivity (Wildman–Crippen MR) is 143 cm³/mol. The summed E-state index contributed by atoms with van der Waals surface area (Å²) in [5.74, 6) is -2.11. The molecular weight excluding hydrogens is 508 g/mol. The quantitative estimate of drug-likeness (QED) is 0.358. The van der Waals surface area contributed by atoms with Crippen LogP contribution in [0, 0.1) is 5.92 Å². The normalized spacial score (nSPS) is 19.5. The molecule has 2 saturated heterocycles. The lowest BCUT2D eigenvalue weighted by Gasteiger charge is -2.25. The zero-order chi connectivity index (χ0) is 27.1. The topological polar surface area (TPSA) is 145 Å². The lowest BCUT2D eigenvalue weighted by Crippen LogP contribution is -2.51. The van der Waals surface area contributed by atoms with Crippen LogP contribution in [0.1, 0.15) is 36.8 Å².